The second-order valence-electron chi connectivity index (χ2n) is 1.91. The van der Waals surface area contributed by atoms with Crippen LogP contribution in [0.15, 0.2) is 12.3 Å². The maximum absolute atomic E-state index is 11.0. The molecule has 5 heteroatoms. The third-order valence-electron chi connectivity index (χ3n) is 1.22. The highest BCUT2D eigenvalue weighted by Crippen LogP contribution is 2.03. The molecule has 1 aromatic rings. The van der Waals surface area contributed by atoms with Crippen LogP contribution in [0.2, 0.25) is 0 Å². The molecular formula is C6H8N4O. The number of hydrogen-bond donors (Lipinski definition) is 2. The van der Waals surface area contributed by atoms with E-state index in [4.69, 9.17) is 5.73 Å². The van der Waals surface area contributed by atoms with Crippen molar-refractivity contribution in [3.63, 3.8) is 0 Å². The average molecular weight is 152 g/mol. The second kappa shape index (κ2) is 2.96. The fraction of sp³-hybridized carbons (Fsp3) is 0.167. The number of carbonyl (C=O) groups excluding carboxylic acids is 1. The summed E-state index contributed by atoms with van der Waals surface area (Å²) in [6.07, 6.45) is 1.42. The lowest BCUT2D eigenvalue weighted by Crippen LogP contribution is -2.19. The molecule has 1 rings (SSSR count). The normalized spacial score (nSPS) is 9.18. The van der Waals surface area contributed by atoms with Crippen molar-refractivity contribution in [2.45, 2.75) is 0 Å². The number of nitrogens with one attached hydrogen (secondary N) is 1. The second-order valence-corrected chi connectivity index (χ2v) is 1.91. The lowest BCUT2D eigenvalue weighted by molar-refractivity contribution is 0.0963. The van der Waals surface area contributed by atoms with Gasteiger partial charge in [-0.15, -0.1) is 5.10 Å². The molecule has 1 amide bonds. The molecule has 0 aliphatic heterocycles. The highest BCUT2D eigenvalue weighted by Gasteiger charge is 2.06. The van der Waals surface area contributed by atoms with Crippen LogP contribution in [0.25, 0.3) is 0 Å². The summed E-state index contributed by atoms with van der Waals surface area (Å²) in [7, 11) is 1.53. The maximum atomic E-state index is 11.0. The number of rotatable bonds is 1. The molecule has 0 aliphatic rings. The number of nitrogens with two attached hydrogens (primary N) is 1. The van der Waals surface area contributed by atoms with Gasteiger partial charge in [0, 0.05) is 7.05 Å². The number of amides is 1. The zero-order valence-electron chi connectivity index (χ0n) is 6.03. The number of anilines is 1. The van der Waals surface area contributed by atoms with Crippen molar-refractivity contribution >= 4 is 11.7 Å². The first kappa shape index (κ1) is 7.46. The largest absolute Gasteiger partial charge is 0.382 e. The van der Waals surface area contributed by atoms with Gasteiger partial charge in [-0.2, -0.15) is 5.10 Å². The predicted molar refractivity (Wildman–Crippen MR) is 39.8 cm³/mol. The molecule has 3 N–H and O–H groups in total. The van der Waals surface area contributed by atoms with Crippen LogP contribution in [0.1, 0.15) is 10.4 Å². The number of hydrogen-bond acceptors (Lipinski definition) is 4. The number of nitrogens with zero attached hydrogens (tertiary/aromatic N) is 2. The van der Waals surface area contributed by atoms with Crippen LogP contribution in [0.5, 0.6) is 0 Å². The molecule has 0 saturated carbocycles. The third-order valence-corrected chi connectivity index (χ3v) is 1.22. The highest BCUT2D eigenvalue weighted by atomic mass is 16.1. The lowest BCUT2D eigenvalue weighted by atomic mass is 10.3. The van der Waals surface area contributed by atoms with Crippen molar-refractivity contribution in [3.05, 3.63) is 17.8 Å². The van der Waals surface area contributed by atoms with Crippen molar-refractivity contribution in [2.75, 3.05) is 12.8 Å². The molecule has 0 bridgehead atoms. The summed E-state index contributed by atoms with van der Waals surface area (Å²) in [5.74, 6) is -0.107. The minimum Gasteiger partial charge on any atom is -0.382 e. The van der Waals surface area contributed by atoms with Crippen molar-refractivity contribution in [1.29, 1.82) is 0 Å². The minimum absolute atomic E-state index is 0.145. The van der Waals surface area contributed by atoms with Gasteiger partial charge in [-0.05, 0) is 6.07 Å². The van der Waals surface area contributed by atoms with E-state index in [2.05, 4.69) is 15.5 Å². The van der Waals surface area contributed by atoms with Crippen molar-refractivity contribution < 1.29 is 4.79 Å². The molecular weight excluding hydrogens is 144 g/mol. The van der Waals surface area contributed by atoms with E-state index in [0.29, 0.717) is 5.56 Å². The lowest BCUT2D eigenvalue weighted by Gasteiger charge is -1.99. The fourth-order valence-electron chi connectivity index (χ4n) is 0.669. The summed E-state index contributed by atoms with van der Waals surface area (Å²) in [5.41, 5.74) is 5.71. The predicted octanol–water partition coefficient (Wildman–Crippen LogP) is -0.582. The molecule has 1 aromatic heterocycles. The SMILES string of the molecule is CNC(=O)c1ccnnc1N. The Kier molecular flexibility index (Phi) is 2.00. The average Bonchev–Trinajstić information content (AvgIpc) is 2.04. The molecule has 0 fully saturated rings. The molecule has 0 radical (unpaired) electrons. The topological polar surface area (TPSA) is 80.9 Å². The molecule has 0 saturated heterocycles. The first-order valence-corrected chi connectivity index (χ1v) is 3.05. The first-order chi connectivity index (χ1) is 5.25. The van der Waals surface area contributed by atoms with E-state index in [0.717, 1.165) is 0 Å². The first-order valence-electron chi connectivity index (χ1n) is 3.05. The van der Waals surface area contributed by atoms with Gasteiger partial charge < -0.3 is 11.1 Å². The highest BCUT2D eigenvalue weighted by molar-refractivity contribution is 5.97. The van der Waals surface area contributed by atoms with E-state index in [-0.39, 0.29) is 11.7 Å². The van der Waals surface area contributed by atoms with Crippen LogP contribution >= 0.6 is 0 Å². The van der Waals surface area contributed by atoms with Crippen LogP contribution in [0, 0.1) is 0 Å². The zero-order valence-corrected chi connectivity index (χ0v) is 6.03. The molecule has 1 heterocycles. The summed E-state index contributed by atoms with van der Waals surface area (Å²) >= 11 is 0. The van der Waals surface area contributed by atoms with Gasteiger partial charge in [-0.3, -0.25) is 4.79 Å². The van der Waals surface area contributed by atoms with Gasteiger partial charge in [-0.1, -0.05) is 0 Å². The van der Waals surface area contributed by atoms with Crippen molar-refractivity contribution in [2.24, 2.45) is 0 Å². The minimum atomic E-state index is -0.252. The van der Waals surface area contributed by atoms with Crippen LogP contribution < -0.4 is 11.1 Å². The quantitative estimate of drug-likeness (QED) is 0.564. The third kappa shape index (κ3) is 1.43. The van der Waals surface area contributed by atoms with Gasteiger partial charge in [0.1, 0.15) is 0 Å². The molecule has 0 aromatic carbocycles. The smallest absolute Gasteiger partial charge is 0.254 e. The van der Waals surface area contributed by atoms with Gasteiger partial charge in [-0.25, -0.2) is 0 Å². The standard InChI is InChI=1S/C6H8N4O/c1-8-6(11)4-2-3-9-10-5(4)7/h2-3H,1H3,(H2,7,10)(H,8,11). The van der Waals surface area contributed by atoms with E-state index in [9.17, 15) is 4.79 Å². The van der Waals surface area contributed by atoms with Crippen LogP contribution in [0.3, 0.4) is 0 Å². The van der Waals surface area contributed by atoms with Gasteiger partial charge >= 0.3 is 0 Å². The Hall–Kier alpha value is -1.65. The molecule has 0 spiro atoms. The molecule has 0 aliphatic carbocycles. The molecule has 0 unspecified atom stereocenters. The summed E-state index contributed by atoms with van der Waals surface area (Å²) in [6.45, 7) is 0. The van der Waals surface area contributed by atoms with Crippen LogP contribution in [0.4, 0.5) is 5.82 Å². The van der Waals surface area contributed by atoms with E-state index in [1.54, 1.807) is 0 Å². The Labute approximate surface area is 63.6 Å². The molecule has 5 nitrogen and oxygen atoms in total. The van der Waals surface area contributed by atoms with Crippen molar-refractivity contribution in [3.8, 4) is 0 Å². The Balaban J connectivity index is 3.03. The van der Waals surface area contributed by atoms with Gasteiger partial charge in [0.25, 0.3) is 5.91 Å². The van der Waals surface area contributed by atoms with E-state index >= 15 is 0 Å². The molecule has 58 valence electrons. The summed E-state index contributed by atoms with van der Waals surface area (Å²) in [6, 6.07) is 1.52. The number of carbonyl (C=O) groups is 1. The summed E-state index contributed by atoms with van der Waals surface area (Å²) < 4.78 is 0. The maximum Gasteiger partial charge on any atom is 0.254 e. The van der Waals surface area contributed by atoms with Gasteiger partial charge in [0.15, 0.2) is 5.82 Å². The number of aromatic nitrogens is 2. The van der Waals surface area contributed by atoms with Gasteiger partial charge in [0.2, 0.25) is 0 Å². The van der Waals surface area contributed by atoms with E-state index in [1.165, 1.54) is 19.3 Å². The zero-order chi connectivity index (χ0) is 8.27. The summed E-state index contributed by atoms with van der Waals surface area (Å²) in [4.78, 5) is 11.0. The Morgan fingerprint density at radius 1 is 1.73 bits per heavy atom. The monoisotopic (exact) mass is 152 g/mol. The Morgan fingerprint density at radius 2 is 2.45 bits per heavy atom. The van der Waals surface area contributed by atoms with E-state index in [1.807, 2.05) is 0 Å². The summed E-state index contributed by atoms with van der Waals surface area (Å²) in [5, 5.41) is 9.46. The Morgan fingerprint density at radius 3 is 3.00 bits per heavy atom. The van der Waals surface area contributed by atoms with Crippen LogP contribution in [-0.4, -0.2) is 23.2 Å². The van der Waals surface area contributed by atoms with E-state index < -0.39 is 0 Å². The van der Waals surface area contributed by atoms with Gasteiger partial charge in [0.05, 0.1) is 11.8 Å². The Bertz CT molecular complexity index is 273. The number of nitrogen functional groups attached to an aromatic ring is 1. The molecule has 11 heavy (non-hydrogen) atoms. The van der Waals surface area contributed by atoms with Crippen molar-refractivity contribution in [1.82, 2.24) is 15.5 Å². The van der Waals surface area contributed by atoms with Crippen LogP contribution in [-0.2, 0) is 0 Å². The fourth-order valence-corrected chi connectivity index (χ4v) is 0.669. The molecule has 0 atom stereocenters.